The maximum atomic E-state index is 5.75. The van der Waals surface area contributed by atoms with Crippen molar-refractivity contribution < 1.29 is 9.47 Å². The second-order valence-corrected chi connectivity index (χ2v) is 5.63. The van der Waals surface area contributed by atoms with Crippen molar-refractivity contribution in [1.82, 2.24) is 9.80 Å². The van der Waals surface area contributed by atoms with E-state index in [1.54, 1.807) is 7.11 Å². The number of nitrogens with zero attached hydrogens (tertiary/aromatic N) is 2. The molecule has 0 aromatic heterocycles. The summed E-state index contributed by atoms with van der Waals surface area (Å²) in [6, 6.07) is 7.67. The van der Waals surface area contributed by atoms with Gasteiger partial charge < -0.3 is 15.2 Å². The van der Waals surface area contributed by atoms with Crippen molar-refractivity contribution in [3.05, 3.63) is 24.3 Å². The van der Waals surface area contributed by atoms with Crippen molar-refractivity contribution in [2.75, 3.05) is 53.0 Å². The Kier molecular flexibility index (Phi) is 6.22. The van der Waals surface area contributed by atoms with Gasteiger partial charge in [-0.25, -0.2) is 0 Å². The van der Waals surface area contributed by atoms with E-state index in [1.165, 1.54) is 0 Å². The van der Waals surface area contributed by atoms with Gasteiger partial charge in [0, 0.05) is 39.3 Å². The summed E-state index contributed by atoms with van der Waals surface area (Å²) in [6.45, 7) is 6.46. The summed E-state index contributed by atoms with van der Waals surface area (Å²) >= 11 is 4.94. The number of piperazine rings is 1. The van der Waals surface area contributed by atoms with E-state index in [1.807, 2.05) is 24.3 Å². The second kappa shape index (κ2) is 8.17. The first-order chi connectivity index (χ1) is 10.2. The van der Waals surface area contributed by atoms with E-state index < -0.39 is 0 Å². The molecule has 1 saturated heterocycles. The van der Waals surface area contributed by atoms with Gasteiger partial charge in [-0.3, -0.25) is 9.80 Å². The summed E-state index contributed by atoms with van der Waals surface area (Å²) < 4.78 is 10.9. The third kappa shape index (κ3) is 5.49. The standard InChI is InChI=1S/C15H23N3O2S/c1-19-13-2-4-14(5-3-13)20-11-10-17-6-8-18(9-7-17)12-15(16)21/h2-5H,6-12H2,1H3,(H2,16,21). The van der Waals surface area contributed by atoms with Crippen LogP contribution in [0.3, 0.4) is 0 Å². The van der Waals surface area contributed by atoms with Crippen LogP contribution in [0.25, 0.3) is 0 Å². The van der Waals surface area contributed by atoms with E-state index in [0.717, 1.165) is 50.8 Å². The molecule has 0 spiro atoms. The topological polar surface area (TPSA) is 51.0 Å². The molecule has 0 bridgehead atoms. The molecule has 0 radical (unpaired) electrons. The van der Waals surface area contributed by atoms with E-state index in [9.17, 15) is 0 Å². The van der Waals surface area contributed by atoms with Gasteiger partial charge in [0.15, 0.2) is 0 Å². The van der Waals surface area contributed by atoms with Crippen molar-refractivity contribution in [1.29, 1.82) is 0 Å². The molecular formula is C15H23N3O2S. The third-order valence-corrected chi connectivity index (χ3v) is 3.71. The van der Waals surface area contributed by atoms with Gasteiger partial charge in [0.05, 0.1) is 12.1 Å². The molecule has 0 amide bonds. The van der Waals surface area contributed by atoms with Gasteiger partial charge in [-0.15, -0.1) is 0 Å². The minimum atomic E-state index is 0.575. The van der Waals surface area contributed by atoms with Gasteiger partial charge in [-0.05, 0) is 24.3 Å². The van der Waals surface area contributed by atoms with Gasteiger partial charge in [-0.2, -0.15) is 0 Å². The Morgan fingerprint density at radius 2 is 1.67 bits per heavy atom. The Balaban J connectivity index is 1.64. The highest BCUT2D eigenvalue weighted by molar-refractivity contribution is 7.80. The van der Waals surface area contributed by atoms with E-state index in [0.29, 0.717) is 11.6 Å². The lowest BCUT2D eigenvalue weighted by Crippen LogP contribution is -2.49. The molecule has 1 aromatic carbocycles. The normalized spacial score (nSPS) is 16.6. The van der Waals surface area contributed by atoms with Crippen LogP contribution in [0.4, 0.5) is 0 Å². The molecule has 1 aliphatic rings. The lowest BCUT2D eigenvalue weighted by molar-refractivity contribution is 0.127. The van der Waals surface area contributed by atoms with Gasteiger partial charge in [0.1, 0.15) is 18.1 Å². The van der Waals surface area contributed by atoms with Crippen LogP contribution in [-0.2, 0) is 0 Å². The first kappa shape index (κ1) is 16.0. The van der Waals surface area contributed by atoms with E-state index in [2.05, 4.69) is 9.80 Å². The molecule has 0 aliphatic carbocycles. The van der Waals surface area contributed by atoms with Crippen LogP contribution in [0.1, 0.15) is 0 Å². The zero-order valence-electron chi connectivity index (χ0n) is 12.5. The minimum absolute atomic E-state index is 0.575. The summed E-state index contributed by atoms with van der Waals surface area (Å²) in [6.07, 6.45) is 0. The van der Waals surface area contributed by atoms with Gasteiger partial charge in [0.25, 0.3) is 0 Å². The molecule has 2 N–H and O–H groups in total. The quantitative estimate of drug-likeness (QED) is 0.758. The number of ether oxygens (including phenoxy) is 2. The average Bonchev–Trinajstić information content (AvgIpc) is 2.49. The molecule has 5 nitrogen and oxygen atoms in total. The molecule has 1 fully saturated rings. The largest absolute Gasteiger partial charge is 0.497 e. The molecule has 0 atom stereocenters. The Bertz CT molecular complexity index is 445. The van der Waals surface area contributed by atoms with Crippen molar-refractivity contribution in [3.63, 3.8) is 0 Å². The number of thiocarbonyl (C=S) groups is 1. The number of hydrogen-bond acceptors (Lipinski definition) is 5. The van der Waals surface area contributed by atoms with E-state index >= 15 is 0 Å². The van der Waals surface area contributed by atoms with Gasteiger partial charge in [-0.1, -0.05) is 12.2 Å². The molecule has 6 heteroatoms. The summed E-state index contributed by atoms with van der Waals surface area (Å²) in [4.78, 5) is 5.27. The lowest BCUT2D eigenvalue weighted by Gasteiger charge is -2.34. The first-order valence-corrected chi connectivity index (χ1v) is 7.58. The Morgan fingerprint density at radius 1 is 1.10 bits per heavy atom. The van der Waals surface area contributed by atoms with Crippen LogP contribution < -0.4 is 15.2 Å². The summed E-state index contributed by atoms with van der Waals surface area (Å²) in [7, 11) is 1.66. The maximum absolute atomic E-state index is 5.75. The smallest absolute Gasteiger partial charge is 0.119 e. The molecule has 116 valence electrons. The highest BCUT2D eigenvalue weighted by Gasteiger charge is 2.16. The van der Waals surface area contributed by atoms with E-state index in [-0.39, 0.29) is 0 Å². The van der Waals surface area contributed by atoms with Crippen LogP contribution >= 0.6 is 12.2 Å². The van der Waals surface area contributed by atoms with Crippen LogP contribution in [0.15, 0.2) is 24.3 Å². The number of nitrogens with two attached hydrogens (primary N) is 1. The van der Waals surface area contributed by atoms with Crippen LogP contribution in [-0.4, -0.2) is 67.8 Å². The van der Waals surface area contributed by atoms with Crippen molar-refractivity contribution >= 4 is 17.2 Å². The van der Waals surface area contributed by atoms with Crippen molar-refractivity contribution in [3.8, 4) is 11.5 Å². The van der Waals surface area contributed by atoms with E-state index in [4.69, 9.17) is 27.4 Å². The zero-order chi connectivity index (χ0) is 15.1. The molecule has 1 aromatic rings. The maximum Gasteiger partial charge on any atom is 0.119 e. The highest BCUT2D eigenvalue weighted by Crippen LogP contribution is 2.16. The molecule has 0 saturated carbocycles. The summed E-state index contributed by atoms with van der Waals surface area (Å²) in [5.74, 6) is 1.72. The summed E-state index contributed by atoms with van der Waals surface area (Å²) in [5.41, 5.74) is 5.57. The molecule has 0 unspecified atom stereocenters. The van der Waals surface area contributed by atoms with Crippen LogP contribution in [0.2, 0.25) is 0 Å². The molecular weight excluding hydrogens is 286 g/mol. The molecule has 21 heavy (non-hydrogen) atoms. The highest BCUT2D eigenvalue weighted by atomic mass is 32.1. The third-order valence-electron chi connectivity index (χ3n) is 3.58. The fourth-order valence-corrected chi connectivity index (χ4v) is 2.54. The molecule has 1 aliphatic heterocycles. The molecule has 2 rings (SSSR count). The Labute approximate surface area is 131 Å². The fourth-order valence-electron chi connectivity index (χ4n) is 2.36. The number of benzene rings is 1. The first-order valence-electron chi connectivity index (χ1n) is 7.17. The SMILES string of the molecule is COc1ccc(OCCN2CCN(CC(N)=S)CC2)cc1. The van der Waals surface area contributed by atoms with Crippen LogP contribution in [0, 0.1) is 0 Å². The van der Waals surface area contributed by atoms with Crippen LogP contribution in [0.5, 0.6) is 11.5 Å². The van der Waals surface area contributed by atoms with Gasteiger partial charge in [0.2, 0.25) is 0 Å². The second-order valence-electron chi connectivity index (χ2n) is 5.11. The minimum Gasteiger partial charge on any atom is -0.497 e. The monoisotopic (exact) mass is 309 g/mol. The van der Waals surface area contributed by atoms with Crippen molar-refractivity contribution in [2.45, 2.75) is 0 Å². The number of rotatable bonds is 7. The number of hydrogen-bond donors (Lipinski definition) is 1. The fraction of sp³-hybridized carbons (Fsp3) is 0.533. The molecule has 1 heterocycles. The van der Waals surface area contributed by atoms with Crippen molar-refractivity contribution in [2.24, 2.45) is 5.73 Å². The average molecular weight is 309 g/mol. The predicted octanol–water partition coefficient (Wildman–Crippen LogP) is 0.978. The zero-order valence-corrected chi connectivity index (χ0v) is 13.3. The Morgan fingerprint density at radius 3 is 2.24 bits per heavy atom. The predicted molar refractivity (Wildman–Crippen MR) is 88.2 cm³/mol. The Hall–Kier alpha value is -1.37. The summed E-state index contributed by atoms with van der Waals surface area (Å²) in [5, 5.41) is 0. The number of methoxy groups -OCH3 is 1. The lowest BCUT2D eigenvalue weighted by atomic mass is 10.3. The van der Waals surface area contributed by atoms with Gasteiger partial charge >= 0.3 is 0 Å².